The van der Waals surface area contributed by atoms with Crippen LogP contribution in [-0.4, -0.2) is 49.8 Å². The quantitative estimate of drug-likeness (QED) is 0.785. The standard InChI is InChI=1S/C17H20ClN5O2S/c1-22-16(11-5-7-12(18)8-6-11)20-21-17(22)26-10-14(24)23-9-3-2-4-13(23)15(19)25/h5-8,13H,2-4,9-10H2,1H3,(H2,19,25)/t13-/m1/s1. The van der Waals surface area contributed by atoms with Crippen LogP contribution >= 0.6 is 23.4 Å². The van der Waals surface area contributed by atoms with Crippen LogP contribution in [0, 0.1) is 0 Å². The number of carbonyl (C=O) groups excluding carboxylic acids is 2. The van der Waals surface area contributed by atoms with Crippen LogP contribution in [0.2, 0.25) is 5.02 Å². The Hall–Kier alpha value is -2.06. The van der Waals surface area contributed by atoms with Gasteiger partial charge in [-0.1, -0.05) is 23.4 Å². The highest BCUT2D eigenvalue weighted by atomic mass is 35.5. The number of nitrogens with zero attached hydrogens (tertiary/aromatic N) is 4. The van der Waals surface area contributed by atoms with E-state index in [1.54, 1.807) is 17.0 Å². The predicted molar refractivity (Wildman–Crippen MR) is 101 cm³/mol. The molecule has 0 radical (unpaired) electrons. The second kappa shape index (κ2) is 8.09. The molecule has 1 aliphatic rings. The van der Waals surface area contributed by atoms with Crippen molar-refractivity contribution in [2.24, 2.45) is 12.8 Å². The lowest BCUT2D eigenvalue weighted by Crippen LogP contribution is -2.51. The maximum absolute atomic E-state index is 12.5. The molecule has 1 saturated heterocycles. The van der Waals surface area contributed by atoms with Crippen LogP contribution in [0.3, 0.4) is 0 Å². The molecule has 2 aromatic rings. The molecule has 138 valence electrons. The summed E-state index contributed by atoms with van der Waals surface area (Å²) in [6, 6.07) is 6.83. The summed E-state index contributed by atoms with van der Waals surface area (Å²) in [6.45, 7) is 0.571. The van der Waals surface area contributed by atoms with Gasteiger partial charge in [0.25, 0.3) is 0 Å². The summed E-state index contributed by atoms with van der Waals surface area (Å²) in [5, 5.41) is 9.66. The average molecular weight is 394 g/mol. The first-order valence-corrected chi connectivity index (χ1v) is 9.70. The summed E-state index contributed by atoms with van der Waals surface area (Å²) in [4.78, 5) is 25.7. The van der Waals surface area contributed by atoms with Crippen molar-refractivity contribution >= 4 is 35.2 Å². The molecule has 3 rings (SSSR count). The largest absolute Gasteiger partial charge is 0.368 e. The van der Waals surface area contributed by atoms with Gasteiger partial charge < -0.3 is 15.2 Å². The third-order valence-corrected chi connectivity index (χ3v) is 5.67. The zero-order valence-corrected chi connectivity index (χ0v) is 16.0. The highest BCUT2D eigenvalue weighted by Gasteiger charge is 2.30. The van der Waals surface area contributed by atoms with Crippen LogP contribution in [0.4, 0.5) is 0 Å². The summed E-state index contributed by atoms with van der Waals surface area (Å²) in [5.74, 6) is 0.349. The fourth-order valence-electron chi connectivity index (χ4n) is 3.03. The Labute approximate surface area is 160 Å². The Morgan fingerprint density at radius 2 is 2.00 bits per heavy atom. The van der Waals surface area contributed by atoms with Gasteiger partial charge in [0, 0.05) is 24.2 Å². The predicted octanol–water partition coefficient (Wildman–Crippen LogP) is 2.09. The number of thioether (sulfide) groups is 1. The van der Waals surface area contributed by atoms with E-state index in [0.29, 0.717) is 29.0 Å². The SMILES string of the molecule is Cn1c(SCC(=O)N2CCCC[C@@H]2C(N)=O)nnc1-c1ccc(Cl)cc1. The molecule has 0 aliphatic carbocycles. The monoisotopic (exact) mass is 393 g/mol. The first kappa shape index (κ1) is 18.7. The number of carbonyl (C=O) groups is 2. The Kier molecular flexibility index (Phi) is 5.83. The third kappa shape index (κ3) is 4.02. The van der Waals surface area contributed by atoms with Gasteiger partial charge in [-0.15, -0.1) is 10.2 Å². The van der Waals surface area contributed by atoms with Crippen molar-refractivity contribution in [1.82, 2.24) is 19.7 Å². The first-order chi connectivity index (χ1) is 12.5. The molecule has 0 spiro atoms. The van der Waals surface area contributed by atoms with Crippen LogP contribution in [0.25, 0.3) is 11.4 Å². The van der Waals surface area contributed by atoms with Crippen molar-refractivity contribution in [2.75, 3.05) is 12.3 Å². The zero-order valence-electron chi connectivity index (χ0n) is 14.4. The van der Waals surface area contributed by atoms with Crippen LogP contribution in [0.5, 0.6) is 0 Å². The Morgan fingerprint density at radius 3 is 2.69 bits per heavy atom. The highest BCUT2D eigenvalue weighted by Crippen LogP contribution is 2.25. The molecule has 1 aliphatic heterocycles. The lowest BCUT2D eigenvalue weighted by Gasteiger charge is -2.33. The topological polar surface area (TPSA) is 94.1 Å². The van der Waals surface area contributed by atoms with Gasteiger partial charge in [-0.2, -0.15) is 0 Å². The molecule has 7 nitrogen and oxygen atoms in total. The molecule has 26 heavy (non-hydrogen) atoms. The molecule has 2 N–H and O–H groups in total. The lowest BCUT2D eigenvalue weighted by molar-refractivity contribution is -0.138. The summed E-state index contributed by atoms with van der Waals surface area (Å²) in [5.41, 5.74) is 6.33. The molecule has 0 unspecified atom stereocenters. The molecule has 2 amide bonds. The van der Waals surface area contributed by atoms with Crippen molar-refractivity contribution in [3.63, 3.8) is 0 Å². The van der Waals surface area contributed by atoms with Gasteiger partial charge in [0.05, 0.1) is 5.75 Å². The number of benzene rings is 1. The number of nitrogens with two attached hydrogens (primary N) is 1. The van der Waals surface area contributed by atoms with Crippen molar-refractivity contribution in [2.45, 2.75) is 30.5 Å². The van der Waals surface area contributed by atoms with Gasteiger partial charge in [-0.05, 0) is 43.5 Å². The van der Waals surface area contributed by atoms with Crippen LogP contribution in [-0.2, 0) is 16.6 Å². The number of hydrogen-bond acceptors (Lipinski definition) is 5. The van der Waals surface area contributed by atoms with Crippen molar-refractivity contribution in [3.8, 4) is 11.4 Å². The van der Waals surface area contributed by atoms with E-state index in [1.807, 2.05) is 23.7 Å². The van der Waals surface area contributed by atoms with Gasteiger partial charge in [0.15, 0.2) is 11.0 Å². The maximum atomic E-state index is 12.5. The van der Waals surface area contributed by atoms with Gasteiger partial charge in [-0.3, -0.25) is 9.59 Å². The molecule has 1 aromatic carbocycles. The number of amides is 2. The van der Waals surface area contributed by atoms with Gasteiger partial charge in [0.1, 0.15) is 6.04 Å². The molecule has 9 heteroatoms. The molecular weight excluding hydrogens is 374 g/mol. The van der Waals surface area contributed by atoms with E-state index in [0.717, 1.165) is 18.4 Å². The van der Waals surface area contributed by atoms with E-state index < -0.39 is 11.9 Å². The lowest BCUT2D eigenvalue weighted by atomic mass is 10.0. The Balaban J connectivity index is 1.67. The minimum Gasteiger partial charge on any atom is -0.368 e. The Bertz CT molecular complexity index is 808. The molecule has 1 aromatic heterocycles. The van der Waals surface area contributed by atoms with Gasteiger partial charge >= 0.3 is 0 Å². The van der Waals surface area contributed by atoms with E-state index in [2.05, 4.69) is 10.2 Å². The van der Waals surface area contributed by atoms with Crippen LogP contribution in [0.1, 0.15) is 19.3 Å². The number of hydrogen-bond donors (Lipinski definition) is 1. The minimum absolute atomic E-state index is 0.102. The molecule has 2 heterocycles. The van der Waals surface area contributed by atoms with E-state index in [-0.39, 0.29) is 11.7 Å². The van der Waals surface area contributed by atoms with Gasteiger partial charge in [0.2, 0.25) is 11.8 Å². The number of likely N-dealkylation sites (tertiary alicyclic amines) is 1. The summed E-state index contributed by atoms with van der Waals surface area (Å²) >= 11 is 7.22. The fraction of sp³-hybridized carbons (Fsp3) is 0.412. The van der Waals surface area contributed by atoms with E-state index in [9.17, 15) is 9.59 Å². The Morgan fingerprint density at radius 1 is 1.27 bits per heavy atom. The maximum Gasteiger partial charge on any atom is 0.240 e. The van der Waals surface area contributed by atoms with Crippen molar-refractivity contribution in [1.29, 1.82) is 0 Å². The van der Waals surface area contributed by atoms with E-state index in [1.165, 1.54) is 11.8 Å². The second-order valence-electron chi connectivity index (χ2n) is 6.16. The first-order valence-electron chi connectivity index (χ1n) is 8.34. The number of primary amides is 1. The van der Waals surface area contributed by atoms with E-state index >= 15 is 0 Å². The van der Waals surface area contributed by atoms with Gasteiger partial charge in [-0.25, -0.2) is 0 Å². The minimum atomic E-state index is -0.499. The molecule has 0 bridgehead atoms. The normalized spacial score (nSPS) is 17.3. The number of piperidine rings is 1. The van der Waals surface area contributed by atoms with Crippen LogP contribution in [0.15, 0.2) is 29.4 Å². The average Bonchev–Trinajstić information content (AvgIpc) is 3.01. The summed E-state index contributed by atoms with van der Waals surface area (Å²) in [6.07, 6.45) is 2.44. The summed E-state index contributed by atoms with van der Waals surface area (Å²) < 4.78 is 1.84. The smallest absolute Gasteiger partial charge is 0.240 e. The highest BCUT2D eigenvalue weighted by molar-refractivity contribution is 7.99. The van der Waals surface area contributed by atoms with E-state index in [4.69, 9.17) is 17.3 Å². The molecule has 1 fully saturated rings. The fourth-order valence-corrected chi connectivity index (χ4v) is 3.95. The van der Waals surface area contributed by atoms with Crippen molar-refractivity contribution < 1.29 is 9.59 Å². The molecular formula is C17H20ClN5O2S. The molecule has 0 saturated carbocycles. The van der Waals surface area contributed by atoms with Crippen LogP contribution < -0.4 is 5.73 Å². The second-order valence-corrected chi connectivity index (χ2v) is 7.54. The number of rotatable bonds is 5. The molecule has 1 atom stereocenters. The zero-order chi connectivity index (χ0) is 18.7. The third-order valence-electron chi connectivity index (χ3n) is 4.41. The number of aromatic nitrogens is 3. The number of halogens is 1. The summed E-state index contributed by atoms with van der Waals surface area (Å²) in [7, 11) is 1.85. The van der Waals surface area contributed by atoms with Crippen molar-refractivity contribution in [3.05, 3.63) is 29.3 Å².